The number of methoxy groups -OCH3 is 1. The van der Waals surface area contributed by atoms with Crippen LogP contribution in [-0.4, -0.2) is 25.8 Å². The van der Waals surface area contributed by atoms with Gasteiger partial charge in [-0.15, -0.1) is 0 Å². The summed E-state index contributed by atoms with van der Waals surface area (Å²) in [5.74, 6) is 1.08. The van der Waals surface area contributed by atoms with Gasteiger partial charge < -0.3 is 9.47 Å². The lowest BCUT2D eigenvalue weighted by Gasteiger charge is -2.07. The van der Waals surface area contributed by atoms with Crippen molar-refractivity contribution >= 4 is 12.1 Å². The Morgan fingerprint density at radius 2 is 1.96 bits per heavy atom. The van der Waals surface area contributed by atoms with Gasteiger partial charge in [0.15, 0.2) is 6.61 Å². The van der Waals surface area contributed by atoms with E-state index in [-0.39, 0.29) is 12.5 Å². The van der Waals surface area contributed by atoms with Gasteiger partial charge in [-0.2, -0.15) is 5.10 Å². The van der Waals surface area contributed by atoms with Crippen LogP contribution in [0.4, 0.5) is 0 Å². The molecule has 2 rings (SSSR count). The SMILES string of the molecule is COc1cccc(C=NNC(=O)COc2ccc(C)c(C)c2)c1. The molecule has 2 aromatic carbocycles. The number of nitrogens with one attached hydrogen (secondary N) is 1. The summed E-state index contributed by atoms with van der Waals surface area (Å²) in [4.78, 5) is 11.7. The molecule has 1 N–H and O–H groups in total. The zero-order valence-electron chi connectivity index (χ0n) is 13.5. The molecule has 0 atom stereocenters. The first-order chi connectivity index (χ1) is 11.1. The van der Waals surface area contributed by atoms with Crippen molar-refractivity contribution in [1.29, 1.82) is 0 Å². The molecule has 5 nitrogen and oxygen atoms in total. The maximum Gasteiger partial charge on any atom is 0.277 e. The highest BCUT2D eigenvalue weighted by atomic mass is 16.5. The van der Waals surface area contributed by atoms with Crippen molar-refractivity contribution in [2.24, 2.45) is 5.10 Å². The molecule has 0 unspecified atom stereocenters. The molecule has 0 aliphatic carbocycles. The Labute approximate surface area is 135 Å². The number of benzene rings is 2. The lowest BCUT2D eigenvalue weighted by atomic mass is 10.1. The van der Waals surface area contributed by atoms with Gasteiger partial charge in [0.05, 0.1) is 13.3 Å². The number of hydrogen-bond acceptors (Lipinski definition) is 4. The van der Waals surface area contributed by atoms with Crippen LogP contribution in [0.15, 0.2) is 47.6 Å². The van der Waals surface area contributed by atoms with Gasteiger partial charge in [-0.3, -0.25) is 4.79 Å². The number of nitrogens with zero attached hydrogens (tertiary/aromatic N) is 1. The zero-order valence-corrected chi connectivity index (χ0v) is 13.5. The summed E-state index contributed by atoms with van der Waals surface area (Å²) < 4.78 is 10.6. The van der Waals surface area contributed by atoms with Crippen molar-refractivity contribution in [1.82, 2.24) is 5.43 Å². The Kier molecular flexibility index (Phi) is 5.74. The number of aryl methyl sites for hydroxylation is 2. The highest BCUT2D eigenvalue weighted by Gasteiger charge is 2.02. The number of carbonyl (C=O) groups excluding carboxylic acids is 1. The quantitative estimate of drug-likeness (QED) is 0.659. The molecule has 1 amide bonds. The minimum atomic E-state index is -0.317. The fourth-order valence-electron chi connectivity index (χ4n) is 1.89. The highest BCUT2D eigenvalue weighted by molar-refractivity contribution is 5.83. The summed E-state index contributed by atoms with van der Waals surface area (Å²) in [5.41, 5.74) is 5.57. The second kappa shape index (κ2) is 7.98. The van der Waals surface area contributed by atoms with E-state index < -0.39 is 0 Å². The monoisotopic (exact) mass is 312 g/mol. The topological polar surface area (TPSA) is 59.9 Å². The van der Waals surface area contributed by atoms with Crippen molar-refractivity contribution in [2.75, 3.05) is 13.7 Å². The fraction of sp³-hybridized carbons (Fsp3) is 0.222. The second-order valence-electron chi connectivity index (χ2n) is 5.10. The van der Waals surface area contributed by atoms with Crippen LogP contribution in [0.25, 0.3) is 0 Å². The molecule has 0 radical (unpaired) electrons. The van der Waals surface area contributed by atoms with Gasteiger partial charge in [-0.05, 0) is 54.8 Å². The predicted molar refractivity (Wildman–Crippen MR) is 90.1 cm³/mol. The number of amides is 1. The van der Waals surface area contributed by atoms with Gasteiger partial charge in [0.1, 0.15) is 11.5 Å². The summed E-state index contributed by atoms with van der Waals surface area (Å²) in [5, 5.41) is 3.90. The second-order valence-corrected chi connectivity index (χ2v) is 5.10. The summed E-state index contributed by atoms with van der Waals surface area (Å²) in [6.07, 6.45) is 1.55. The average molecular weight is 312 g/mol. The Bertz CT molecular complexity index is 711. The lowest BCUT2D eigenvalue weighted by molar-refractivity contribution is -0.123. The van der Waals surface area contributed by atoms with Crippen molar-refractivity contribution in [3.8, 4) is 11.5 Å². The first-order valence-corrected chi connectivity index (χ1v) is 7.24. The lowest BCUT2D eigenvalue weighted by Crippen LogP contribution is -2.24. The molecular formula is C18H20N2O3. The maximum atomic E-state index is 11.7. The molecular weight excluding hydrogens is 292 g/mol. The van der Waals surface area contributed by atoms with Crippen LogP contribution >= 0.6 is 0 Å². The molecule has 0 aromatic heterocycles. The smallest absolute Gasteiger partial charge is 0.277 e. The van der Waals surface area contributed by atoms with Gasteiger partial charge in [0, 0.05) is 0 Å². The van der Waals surface area contributed by atoms with E-state index in [1.807, 2.05) is 56.3 Å². The number of hydrogen-bond donors (Lipinski definition) is 1. The first kappa shape index (κ1) is 16.5. The average Bonchev–Trinajstić information content (AvgIpc) is 2.56. The maximum absolute atomic E-state index is 11.7. The molecule has 0 bridgehead atoms. The number of ether oxygens (including phenoxy) is 2. The molecule has 0 spiro atoms. The molecule has 5 heteroatoms. The molecule has 0 aliphatic rings. The third-order valence-corrected chi connectivity index (χ3v) is 3.34. The number of rotatable bonds is 6. The van der Waals surface area contributed by atoms with E-state index in [9.17, 15) is 4.79 Å². The predicted octanol–water partition coefficient (Wildman–Crippen LogP) is 2.84. The largest absolute Gasteiger partial charge is 0.497 e. The molecule has 2 aromatic rings. The Hall–Kier alpha value is -2.82. The van der Waals surface area contributed by atoms with E-state index >= 15 is 0 Å². The Morgan fingerprint density at radius 3 is 2.70 bits per heavy atom. The van der Waals surface area contributed by atoms with Crippen LogP contribution in [0.5, 0.6) is 11.5 Å². The van der Waals surface area contributed by atoms with Crippen molar-refractivity contribution in [3.63, 3.8) is 0 Å². The number of hydrazone groups is 1. The van der Waals surface area contributed by atoms with Crippen LogP contribution in [0, 0.1) is 13.8 Å². The molecule has 120 valence electrons. The van der Waals surface area contributed by atoms with Crippen LogP contribution in [0.2, 0.25) is 0 Å². The van der Waals surface area contributed by atoms with E-state index in [0.29, 0.717) is 5.75 Å². The molecule has 0 aliphatic heterocycles. The van der Waals surface area contributed by atoms with Crippen LogP contribution in [-0.2, 0) is 4.79 Å². The summed E-state index contributed by atoms with van der Waals surface area (Å²) in [6.45, 7) is 3.94. The van der Waals surface area contributed by atoms with Gasteiger partial charge >= 0.3 is 0 Å². The van der Waals surface area contributed by atoms with Crippen molar-refractivity contribution in [2.45, 2.75) is 13.8 Å². The standard InChI is InChI=1S/C18H20N2O3/c1-13-7-8-17(9-14(13)2)23-12-18(21)20-19-11-15-5-4-6-16(10-15)22-3/h4-11H,12H2,1-3H3,(H,20,21). The van der Waals surface area contributed by atoms with Crippen molar-refractivity contribution < 1.29 is 14.3 Å². The Morgan fingerprint density at radius 1 is 1.13 bits per heavy atom. The Balaban J connectivity index is 1.82. The van der Waals surface area contributed by atoms with E-state index in [0.717, 1.165) is 16.9 Å². The third-order valence-electron chi connectivity index (χ3n) is 3.34. The van der Waals surface area contributed by atoms with Crippen LogP contribution in [0.3, 0.4) is 0 Å². The first-order valence-electron chi connectivity index (χ1n) is 7.24. The van der Waals surface area contributed by atoms with E-state index in [1.54, 1.807) is 13.3 Å². The van der Waals surface area contributed by atoms with E-state index in [1.165, 1.54) is 5.56 Å². The summed E-state index contributed by atoms with van der Waals surface area (Å²) in [7, 11) is 1.60. The highest BCUT2D eigenvalue weighted by Crippen LogP contribution is 2.16. The minimum absolute atomic E-state index is 0.0854. The summed E-state index contributed by atoms with van der Waals surface area (Å²) in [6, 6.07) is 13.1. The van der Waals surface area contributed by atoms with E-state index in [4.69, 9.17) is 9.47 Å². The third kappa shape index (κ3) is 5.14. The van der Waals surface area contributed by atoms with E-state index in [2.05, 4.69) is 10.5 Å². The normalized spacial score (nSPS) is 10.6. The van der Waals surface area contributed by atoms with Crippen LogP contribution < -0.4 is 14.9 Å². The van der Waals surface area contributed by atoms with Gasteiger partial charge in [0.25, 0.3) is 5.91 Å². The fourth-order valence-corrected chi connectivity index (χ4v) is 1.89. The molecule has 0 heterocycles. The molecule has 0 saturated carbocycles. The van der Waals surface area contributed by atoms with Crippen molar-refractivity contribution in [3.05, 3.63) is 59.2 Å². The van der Waals surface area contributed by atoms with Gasteiger partial charge in [0.2, 0.25) is 0 Å². The molecule has 0 saturated heterocycles. The number of carbonyl (C=O) groups is 1. The summed E-state index contributed by atoms with van der Waals surface area (Å²) >= 11 is 0. The molecule has 0 fully saturated rings. The van der Waals surface area contributed by atoms with Gasteiger partial charge in [-0.1, -0.05) is 18.2 Å². The molecule has 23 heavy (non-hydrogen) atoms. The zero-order chi connectivity index (χ0) is 16.7. The van der Waals surface area contributed by atoms with Crippen LogP contribution in [0.1, 0.15) is 16.7 Å². The van der Waals surface area contributed by atoms with Gasteiger partial charge in [-0.25, -0.2) is 5.43 Å². The minimum Gasteiger partial charge on any atom is -0.497 e.